The number of ether oxygens (including phenoxy) is 2. The maximum atomic E-state index is 14.5. The number of fused-ring (bicyclic) bond motifs is 3. The van der Waals surface area contributed by atoms with Gasteiger partial charge in [-0.3, -0.25) is 14.4 Å². The number of cyclic esters (lactones) is 1. The number of allylic oxidation sites excluding steroid dienone is 1. The summed E-state index contributed by atoms with van der Waals surface area (Å²) in [5, 5.41) is 18.6. The molecule has 1 aromatic carbocycles. The van der Waals surface area contributed by atoms with E-state index in [0.717, 1.165) is 24.8 Å². The summed E-state index contributed by atoms with van der Waals surface area (Å²) in [5.41, 5.74) is -1.03. The summed E-state index contributed by atoms with van der Waals surface area (Å²) in [6, 6.07) is 5.74. The van der Waals surface area contributed by atoms with Crippen molar-refractivity contribution >= 4 is 28.8 Å². The van der Waals surface area contributed by atoms with Gasteiger partial charge < -0.3 is 24.4 Å². The van der Waals surface area contributed by atoms with Gasteiger partial charge in [-0.25, -0.2) is 4.68 Å². The molecule has 2 aromatic rings. The first-order chi connectivity index (χ1) is 19.4. The molecule has 212 valence electrons. The van der Waals surface area contributed by atoms with E-state index in [0.29, 0.717) is 11.9 Å². The van der Waals surface area contributed by atoms with Gasteiger partial charge in [0.05, 0.1) is 30.7 Å². The Labute approximate surface area is 232 Å². The Balaban J connectivity index is 1.45. The Hall–Kier alpha value is -3.57. The van der Waals surface area contributed by atoms with Gasteiger partial charge in [0, 0.05) is 6.54 Å². The zero-order valence-electron chi connectivity index (χ0n) is 22.8. The molecule has 40 heavy (non-hydrogen) atoms. The molecule has 0 bridgehead atoms. The van der Waals surface area contributed by atoms with Crippen molar-refractivity contribution in [2.24, 2.45) is 11.8 Å². The van der Waals surface area contributed by atoms with Crippen LogP contribution in [-0.4, -0.2) is 90.7 Å². The first-order valence-corrected chi connectivity index (χ1v) is 14.1. The van der Waals surface area contributed by atoms with Crippen molar-refractivity contribution in [2.45, 2.75) is 69.5 Å². The molecule has 4 aliphatic heterocycles. The van der Waals surface area contributed by atoms with E-state index in [-0.39, 0.29) is 38.2 Å². The lowest BCUT2D eigenvalue weighted by Gasteiger charge is -2.40. The Morgan fingerprint density at radius 3 is 2.73 bits per heavy atom. The van der Waals surface area contributed by atoms with Crippen molar-refractivity contribution in [2.75, 3.05) is 19.8 Å². The fourth-order valence-electron chi connectivity index (χ4n) is 6.90. The van der Waals surface area contributed by atoms with Gasteiger partial charge >= 0.3 is 5.97 Å². The SMILES string of the molecule is CC[C@]12/C=C\CCCCOC(=O)[C@H]1[C@H]1C(=O)N([C@H](C)CO)C3C(=O)N(Cn4nnc5ccccc54)CC=C[C@@]31O2. The number of carbonyl (C=O) groups excluding carboxylic acids is 3. The molecule has 5 heterocycles. The summed E-state index contributed by atoms with van der Waals surface area (Å²) in [6.45, 7) is 3.91. The highest BCUT2D eigenvalue weighted by Crippen LogP contribution is 2.58. The third kappa shape index (κ3) is 3.89. The molecule has 11 nitrogen and oxygen atoms in total. The Morgan fingerprint density at radius 2 is 1.93 bits per heavy atom. The Morgan fingerprint density at radius 1 is 1.10 bits per heavy atom. The summed E-state index contributed by atoms with van der Waals surface area (Å²) in [7, 11) is 0. The number of esters is 1. The molecule has 0 aliphatic carbocycles. The second-order valence-electron chi connectivity index (χ2n) is 11.1. The van der Waals surface area contributed by atoms with Gasteiger partial charge in [-0.1, -0.05) is 48.6 Å². The lowest BCUT2D eigenvalue weighted by Crippen LogP contribution is -2.58. The molecule has 1 N–H and O–H groups in total. The third-order valence-corrected chi connectivity index (χ3v) is 8.87. The molecule has 6 rings (SSSR count). The van der Waals surface area contributed by atoms with E-state index in [4.69, 9.17) is 9.47 Å². The zero-order valence-corrected chi connectivity index (χ0v) is 22.8. The van der Waals surface area contributed by atoms with E-state index < -0.39 is 41.1 Å². The number of hydrogen-bond donors (Lipinski definition) is 1. The van der Waals surface area contributed by atoms with Gasteiger partial charge in [0.15, 0.2) is 0 Å². The van der Waals surface area contributed by atoms with Crippen molar-refractivity contribution in [3.63, 3.8) is 0 Å². The van der Waals surface area contributed by atoms with Gasteiger partial charge in [0.2, 0.25) is 5.91 Å². The number of likely N-dealkylation sites (tertiary alicyclic amines) is 1. The van der Waals surface area contributed by atoms with Crippen LogP contribution in [0.5, 0.6) is 0 Å². The van der Waals surface area contributed by atoms with Gasteiger partial charge in [-0.15, -0.1) is 5.10 Å². The minimum Gasteiger partial charge on any atom is -0.465 e. The number of aliphatic hydroxyl groups excluding tert-OH is 1. The molecule has 1 aromatic heterocycles. The smallest absolute Gasteiger partial charge is 0.313 e. The van der Waals surface area contributed by atoms with Crippen molar-refractivity contribution in [3.05, 3.63) is 48.6 Å². The van der Waals surface area contributed by atoms with Crippen LogP contribution in [-0.2, 0) is 30.5 Å². The Kier molecular flexibility index (Phi) is 6.74. The van der Waals surface area contributed by atoms with Gasteiger partial charge in [-0.05, 0) is 44.7 Å². The number of carbonyl (C=O) groups is 3. The summed E-state index contributed by atoms with van der Waals surface area (Å²) < 4.78 is 14.3. The van der Waals surface area contributed by atoms with E-state index in [2.05, 4.69) is 10.3 Å². The van der Waals surface area contributed by atoms with Crippen LogP contribution in [0.4, 0.5) is 0 Å². The van der Waals surface area contributed by atoms with E-state index in [9.17, 15) is 19.5 Å². The van der Waals surface area contributed by atoms with Crippen LogP contribution in [0.1, 0.15) is 39.5 Å². The topological polar surface area (TPSA) is 127 Å². The number of aliphatic hydroxyl groups is 1. The minimum atomic E-state index is -1.41. The fraction of sp³-hybridized carbons (Fsp3) is 0.552. The van der Waals surface area contributed by atoms with Crippen molar-refractivity contribution < 1.29 is 29.0 Å². The summed E-state index contributed by atoms with van der Waals surface area (Å²) in [6.07, 6.45) is 10.4. The zero-order chi connectivity index (χ0) is 28.1. The number of benzene rings is 1. The monoisotopic (exact) mass is 549 g/mol. The molecule has 2 amide bonds. The van der Waals surface area contributed by atoms with E-state index in [1.807, 2.05) is 49.4 Å². The average Bonchev–Trinajstić information content (AvgIpc) is 3.54. The number of hydrogen-bond acceptors (Lipinski definition) is 8. The van der Waals surface area contributed by atoms with Crippen LogP contribution in [0.3, 0.4) is 0 Å². The standard InChI is InChI=1S/C29H35N5O6/c1-3-28-13-8-4-5-9-16-39-27(38)23(28)22-25(36)34(19(2)17-35)24-26(37)32(15-10-14-29(22,24)40-28)18-33-21-12-7-6-11-20(21)30-31-33/h6-8,10-14,19,22-24,35H,3-5,9,15-18H2,1-2H3/b13-8-/t19-,22+,23-,24?,28+,29+/m1/s1. The minimum absolute atomic E-state index is 0.112. The predicted octanol–water partition coefficient (Wildman–Crippen LogP) is 1.81. The second-order valence-corrected chi connectivity index (χ2v) is 11.1. The largest absolute Gasteiger partial charge is 0.465 e. The normalized spacial score (nSPS) is 33.8. The van der Waals surface area contributed by atoms with Crippen LogP contribution in [0, 0.1) is 11.8 Å². The van der Waals surface area contributed by atoms with E-state index in [1.54, 1.807) is 22.6 Å². The van der Waals surface area contributed by atoms with Crippen molar-refractivity contribution in [1.29, 1.82) is 0 Å². The molecular formula is C29H35N5O6. The molecule has 6 atom stereocenters. The quantitative estimate of drug-likeness (QED) is 0.442. The van der Waals surface area contributed by atoms with Crippen LogP contribution in [0.15, 0.2) is 48.6 Å². The fourth-order valence-corrected chi connectivity index (χ4v) is 6.90. The molecule has 0 radical (unpaired) electrons. The number of para-hydroxylation sites is 1. The van der Waals surface area contributed by atoms with Crippen molar-refractivity contribution in [1.82, 2.24) is 24.8 Å². The predicted molar refractivity (Wildman–Crippen MR) is 143 cm³/mol. The lowest BCUT2D eigenvalue weighted by molar-refractivity contribution is -0.163. The summed E-state index contributed by atoms with van der Waals surface area (Å²) in [4.78, 5) is 45.4. The lowest BCUT2D eigenvalue weighted by atomic mass is 9.73. The number of nitrogens with zero attached hydrogens (tertiary/aromatic N) is 5. The highest BCUT2D eigenvalue weighted by atomic mass is 16.6. The van der Waals surface area contributed by atoms with Crippen LogP contribution in [0.2, 0.25) is 0 Å². The first-order valence-electron chi connectivity index (χ1n) is 14.1. The second kappa shape index (κ2) is 10.1. The number of aromatic nitrogens is 3. The Bertz CT molecular complexity index is 1390. The van der Waals surface area contributed by atoms with Gasteiger partial charge in [0.1, 0.15) is 35.3 Å². The van der Waals surface area contributed by atoms with Crippen LogP contribution < -0.4 is 0 Å². The highest BCUT2D eigenvalue weighted by molar-refractivity contribution is 5.99. The average molecular weight is 550 g/mol. The summed E-state index contributed by atoms with van der Waals surface area (Å²) in [5.74, 6) is -3.12. The van der Waals surface area contributed by atoms with E-state index in [1.165, 1.54) is 4.90 Å². The molecule has 11 heteroatoms. The molecule has 2 fully saturated rings. The molecule has 1 unspecified atom stereocenters. The highest BCUT2D eigenvalue weighted by Gasteiger charge is 2.75. The number of rotatable bonds is 5. The van der Waals surface area contributed by atoms with Crippen molar-refractivity contribution in [3.8, 4) is 0 Å². The van der Waals surface area contributed by atoms with Crippen LogP contribution in [0.25, 0.3) is 11.0 Å². The maximum absolute atomic E-state index is 14.5. The molecule has 1 spiro atoms. The molecule has 2 saturated heterocycles. The third-order valence-electron chi connectivity index (χ3n) is 8.87. The molecule has 4 aliphatic rings. The van der Waals surface area contributed by atoms with Gasteiger partial charge in [0.25, 0.3) is 5.91 Å². The first kappa shape index (κ1) is 26.6. The molecule has 0 saturated carbocycles. The summed E-state index contributed by atoms with van der Waals surface area (Å²) >= 11 is 0. The van der Waals surface area contributed by atoms with Crippen LogP contribution >= 0.6 is 0 Å². The van der Waals surface area contributed by atoms with E-state index >= 15 is 0 Å². The maximum Gasteiger partial charge on any atom is 0.313 e. The van der Waals surface area contributed by atoms with Gasteiger partial charge in [-0.2, -0.15) is 0 Å². The molecular weight excluding hydrogens is 514 g/mol. The number of amides is 2.